The van der Waals surface area contributed by atoms with E-state index >= 15 is 0 Å². The normalized spacial score (nSPS) is 18.2. The monoisotopic (exact) mass is 76.1 g/mol. The molecule has 0 radical (unpaired) electrons. The summed E-state index contributed by atoms with van der Waals surface area (Å²) < 4.78 is 19.4. The summed E-state index contributed by atoms with van der Waals surface area (Å²) in [6.45, 7) is -2.49. The Morgan fingerprint density at radius 1 is 2.20 bits per heavy atom. The van der Waals surface area contributed by atoms with Crippen molar-refractivity contribution in [3.8, 4) is 0 Å². The van der Waals surface area contributed by atoms with Gasteiger partial charge in [0, 0.05) is 18.0 Å². The second kappa shape index (κ2) is 1.76. The van der Waals surface area contributed by atoms with Crippen molar-refractivity contribution in [2.45, 2.75) is 6.85 Å². The van der Waals surface area contributed by atoms with Gasteiger partial charge in [-0.3, -0.25) is 4.79 Å². The molecule has 1 amide bonds. The van der Waals surface area contributed by atoms with Crippen LogP contribution in [0, 0.1) is 0 Å². The second-order valence-electron chi connectivity index (χ2n) is 0.579. The molecule has 2 heteroatoms. The molecule has 1 N–H and O–H groups in total. The number of rotatable bonds is 0. The predicted molar refractivity (Wildman–Crippen MR) is 19.7 cm³/mol. The maximum atomic E-state index is 10.2. The highest BCUT2D eigenvalue weighted by Crippen LogP contribution is 1.45. The standard InChI is InChI=1S/C3H7NO/c1-3(5)4-2/h1-2H3,(H,4,5)/i1D3. The van der Waals surface area contributed by atoms with Gasteiger partial charge in [-0.05, 0) is 0 Å². The van der Waals surface area contributed by atoms with Crippen molar-refractivity contribution in [3.63, 3.8) is 0 Å². The number of nitrogens with one attached hydrogen (secondary N) is 1. The molecule has 0 aliphatic rings. The lowest BCUT2D eigenvalue weighted by atomic mass is 10.7. The van der Waals surface area contributed by atoms with Gasteiger partial charge in [-0.2, -0.15) is 0 Å². The topological polar surface area (TPSA) is 29.1 Å². The molecule has 2 nitrogen and oxygen atoms in total. The number of amides is 1. The zero-order chi connectivity index (χ0) is 6.78. The van der Waals surface area contributed by atoms with Crippen LogP contribution in [0.4, 0.5) is 0 Å². The van der Waals surface area contributed by atoms with Crippen molar-refractivity contribution in [2.75, 3.05) is 7.05 Å². The van der Waals surface area contributed by atoms with E-state index in [2.05, 4.69) is 0 Å². The number of carbonyl (C=O) groups excluding carboxylic acids is 1. The molecule has 0 saturated heterocycles. The lowest BCUT2D eigenvalue weighted by Gasteiger charge is -1.80. The maximum absolute atomic E-state index is 10.2. The fourth-order valence-corrected chi connectivity index (χ4v) is 0. The molecule has 0 atom stereocenters. The average Bonchev–Trinajstić information content (AvgIpc) is 1.62. The molecule has 0 rings (SSSR count). The molecular formula is C3H7NO. The third kappa shape index (κ3) is 3.47. The second-order valence-corrected chi connectivity index (χ2v) is 0.579. The Hall–Kier alpha value is -0.530. The zero-order valence-electron chi connectivity index (χ0n) is 5.91. The first-order chi connectivity index (χ1) is 3.48. The lowest BCUT2D eigenvalue weighted by Crippen LogP contribution is -2.11. The van der Waals surface area contributed by atoms with E-state index in [0.717, 1.165) is 0 Å². The fourth-order valence-electron chi connectivity index (χ4n) is 0. The molecule has 30 valence electrons. The summed E-state index contributed by atoms with van der Waals surface area (Å²) in [5.41, 5.74) is 0. The van der Waals surface area contributed by atoms with Gasteiger partial charge in [0.1, 0.15) is 0 Å². The van der Waals surface area contributed by atoms with Gasteiger partial charge in [0.25, 0.3) is 0 Å². The van der Waals surface area contributed by atoms with E-state index in [0.29, 0.717) is 0 Å². The highest BCUT2D eigenvalue weighted by molar-refractivity contribution is 5.72. The molecule has 5 heavy (non-hydrogen) atoms. The van der Waals surface area contributed by atoms with Crippen LogP contribution in [0.5, 0.6) is 0 Å². The van der Waals surface area contributed by atoms with Crippen LogP contribution >= 0.6 is 0 Å². The summed E-state index contributed by atoms with van der Waals surface area (Å²) in [6, 6.07) is 0. The van der Waals surface area contributed by atoms with E-state index in [1.807, 2.05) is 5.32 Å². The summed E-state index contributed by atoms with van der Waals surface area (Å²) >= 11 is 0. The quantitative estimate of drug-likeness (QED) is 0.423. The highest BCUT2D eigenvalue weighted by atomic mass is 16.1. The summed E-state index contributed by atoms with van der Waals surface area (Å²) in [5.74, 6) is -0.919. The van der Waals surface area contributed by atoms with E-state index in [9.17, 15) is 4.79 Å². The van der Waals surface area contributed by atoms with Crippen LogP contribution in [0.25, 0.3) is 0 Å². The fraction of sp³-hybridized carbons (Fsp3) is 0.667. The van der Waals surface area contributed by atoms with Crippen molar-refractivity contribution >= 4 is 5.91 Å². The Balaban J connectivity index is 3.82. The molecule has 0 spiro atoms. The number of hydrogen-bond donors (Lipinski definition) is 1. The van der Waals surface area contributed by atoms with E-state index in [1.165, 1.54) is 7.05 Å². The van der Waals surface area contributed by atoms with Gasteiger partial charge >= 0.3 is 0 Å². The molecule has 0 heterocycles. The van der Waals surface area contributed by atoms with Crippen LogP contribution in [-0.2, 0) is 4.79 Å². The van der Waals surface area contributed by atoms with Crippen LogP contribution in [0.15, 0.2) is 0 Å². The summed E-state index contributed by atoms with van der Waals surface area (Å²) in [5, 5.41) is 2.00. The molecule has 0 aliphatic heterocycles. The van der Waals surface area contributed by atoms with Crippen LogP contribution in [0.3, 0.4) is 0 Å². The average molecular weight is 76.1 g/mol. The van der Waals surface area contributed by atoms with E-state index in [1.54, 1.807) is 0 Å². The summed E-state index contributed by atoms with van der Waals surface area (Å²) in [4.78, 5) is 10.2. The van der Waals surface area contributed by atoms with Gasteiger partial charge in [-0.15, -0.1) is 0 Å². The molecule has 0 saturated carbocycles. The first-order valence-corrected chi connectivity index (χ1v) is 1.20. The van der Waals surface area contributed by atoms with Gasteiger partial charge in [0.05, 0.1) is 0 Å². The Kier molecular flexibility index (Phi) is 0.452. The maximum Gasteiger partial charge on any atom is 0.216 e. The zero-order valence-corrected chi connectivity index (χ0v) is 2.91. The van der Waals surface area contributed by atoms with E-state index in [4.69, 9.17) is 4.11 Å². The summed E-state index contributed by atoms with van der Waals surface area (Å²) in [7, 11) is 1.29. The lowest BCUT2D eigenvalue weighted by molar-refractivity contribution is -0.118. The minimum Gasteiger partial charge on any atom is -0.359 e. The van der Waals surface area contributed by atoms with Crippen LogP contribution in [0.1, 0.15) is 11.0 Å². The van der Waals surface area contributed by atoms with Crippen LogP contribution in [-0.4, -0.2) is 13.0 Å². The minimum absolute atomic E-state index is 0.919. The Labute approximate surface area is 35.4 Å². The molecule has 0 aromatic rings. The highest BCUT2D eigenvalue weighted by Gasteiger charge is 1.72. The third-order valence-corrected chi connectivity index (χ3v) is 0.227. The summed E-state index contributed by atoms with van der Waals surface area (Å²) in [6.07, 6.45) is 0. The van der Waals surface area contributed by atoms with E-state index < -0.39 is 12.8 Å². The molecular weight excluding hydrogens is 66.0 g/mol. The molecule has 0 aromatic carbocycles. The van der Waals surface area contributed by atoms with Crippen molar-refractivity contribution in [2.24, 2.45) is 0 Å². The minimum atomic E-state index is -2.49. The van der Waals surface area contributed by atoms with Gasteiger partial charge in [0.2, 0.25) is 5.91 Å². The Morgan fingerprint density at radius 2 is 2.80 bits per heavy atom. The SMILES string of the molecule is [2H]C([2H])([2H])C(=O)NC. The van der Waals surface area contributed by atoms with Crippen molar-refractivity contribution in [1.82, 2.24) is 5.32 Å². The molecule has 0 aliphatic carbocycles. The van der Waals surface area contributed by atoms with Gasteiger partial charge in [0.15, 0.2) is 0 Å². The molecule has 0 unspecified atom stereocenters. The van der Waals surface area contributed by atoms with Gasteiger partial charge < -0.3 is 5.32 Å². The molecule has 0 bridgehead atoms. The first-order valence-electron chi connectivity index (χ1n) is 2.70. The number of carbonyl (C=O) groups is 1. The molecule has 0 aromatic heterocycles. The number of hydrogen-bond acceptors (Lipinski definition) is 1. The van der Waals surface area contributed by atoms with Crippen LogP contribution < -0.4 is 5.32 Å². The first kappa shape index (κ1) is 1.29. The van der Waals surface area contributed by atoms with Crippen molar-refractivity contribution < 1.29 is 8.91 Å². The largest absolute Gasteiger partial charge is 0.359 e. The van der Waals surface area contributed by atoms with E-state index in [-0.39, 0.29) is 0 Å². The molecule has 0 fully saturated rings. The predicted octanol–water partition coefficient (Wildman–Crippen LogP) is -0.248. The smallest absolute Gasteiger partial charge is 0.216 e. The Bertz CT molecular complexity index is 97.2. The van der Waals surface area contributed by atoms with Crippen LogP contribution in [0.2, 0.25) is 0 Å². The Morgan fingerprint density at radius 3 is 2.80 bits per heavy atom. The van der Waals surface area contributed by atoms with Crippen molar-refractivity contribution in [1.29, 1.82) is 0 Å². The van der Waals surface area contributed by atoms with Gasteiger partial charge in [-0.25, -0.2) is 0 Å². The van der Waals surface area contributed by atoms with Gasteiger partial charge in [-0.1, -0.05) is 0 Å². The third-order valence-electron chi connectivity index (χ3n) is 0.227. The van der Waals surface area contributed by atoms with Crippen molar-refractivity contribution in [3.05, 3.63) is 0 Å².